The molecule has 0 saturated heterocycles. The molecule has 0 atom stereocenters. The summed E-state index contributed by atoms with van der Waals surface area (Å²) < 4.78 is 44.5. The van der Waals surface area contributed by atoms with Crippen LogP contribution < -0.4 is 0 Å². The van der Waals surface area contributed by atoms with E-state index in [0.717, 1.165) is 0 Å². The standard InChI is InChI=1S/C3H9ClN2O4S2/c1-6(2,3)12(9,10)5-11(4,7)8/h1-3H3. The summed E-state index contributed by atoms with van der Waals surface area (Å²) >= 11 is 0. The van der Waals surface area contributed by atoms with Crippen LogP contribution in [-0.2, 0) is 19.4 Å². The Kier molecular flexibility index (Phi) is 3.14. The molecule has 0 fully saturated rings. The summed E-state index contributed by atoms with van der Waals surface area (Å²) in [5.74, 6) is 0. The number of halogens is 1. The zero-order valence-electron chi connectivity index (χ0n) is 6.72. The molecule has 0 saturated carbocycles. The van der Waals surface area contributed by atoms with Crippen LogP contribution in [0.4, 0.5) is 0 Å². The fraction of sp³-hybridized carbons (Fsp3) is 1.00. The van der Waals surface area contributed by atoms with Gasteiger partial charge in [0.15, 0.2) is 9.24 Å². The van der Waals surface area contributed by atoms with Crippen molar-refractivity contribution in [2.24, 2.45) is 0 Å². The van der Waals surface area contributed by atoms with Gasteiger partial charge in [-0.2, -0.15) is 8.42 Å². The highest BCUT2D eigenvalue weighted by molar-refractivity contribution is 8.23. The predicted molar refractivity (Wildman–Crippen MR) is 45.1 cm³/mol. The molecule has 9 heteroatoms. The molecule has 0 radical (unpaired) electrons. The third kappa shape index (κ3) is 3.68. The minimum atomic E-state index is -4.37. The van der Waals surface area contributed by atoms with Gasteiger partial charge in [-0.1, -0.05) is 0 Å². The minimum absolute atomic E-state index is 0.626. The van der Waals surface area contributed by atoms with Crippen molar-refractivity contribution >= 4 is 30.1 Å². The quantitative estimate of drug-likeness (QED) is 0.502. The van der Waals surface area contributed by atoms with E-state index in [-0.39, 0.29) is 0 Å². The molecule has 0 bridgehead atoms. The number of rotatable bonds is 3. The van der Waals surface area contributed by atoms with Gasteiger partial charge in [0, 0.05) is 10.7 Å². The predicted octanol–water partition coefficient (Wildman–Crippen LogP) is -0.205. The number of quaternary nitrogens is 1. The smallest absolute Gasteiger partial charge is 0.235 e. The monoisotopic (exact) mass is 236 g/mol. The fourth-order valence-corrected chi connectivity index (χ4v) is 2.55. The molecule has 0 aliphatic carbocycles. The van der Waals surface area contributed by atoms with E-state index < -0.39 is 23.3 Å². The van der Waals surface area contributed by atoms with Gasteiger partial charge in [-0.25, -0.2) is 12.3 Å². The Morgan fingerprint density at radius 3 is 1.50 bits per heavy atom. The summed E-state index contributed by atoms with van der Waals surface area (Å²) in [5.41, 5.74) is 0. The molecule has 74 valence electrons. The Labute approximate surface area is 76.5 Å². The zero-order valence-corrected chi connectivity index (χ0v) is 9.11. The molecule has 6 nitrogen and oxygen atoms in total. The van der Waals surface area contributed by atoms with Crippen molar-refractivity contribution in [3.8, 4) is 0 Å². The maximum Gasteiger partial charge on any atom is 0.235 e. The average Bonchev–Trinajstić information content (AvgIpc) is 1.52. The van der Waals surface area contributed by atoms with Gasteiger partial charge in [0.1, 0.15) is 0 Å². The molecular formula is C3H9ClN2O4S2. The molecule has 0 unspecified atom stereocenters. The highest BCUT2D eigenvalue weighted by Gasteiger charge is 2.21. The molecule has 0 spiro atoms. The Balaban J connectivity index is 4.96. The van der Waals surface area contributed by atoms with E-state index in [1.54, 1.807) is 0 Å². The van der Waals surface area contributed by atoms with Gasteiger partial charge in [-0.15, -0.1) is 0 Å². The molecule has 0 aromatic rings. The van der Waals surface area contributed by atoms with Crippen LogP contribution in [0.1, 0.15) is 0 Å². The first-order valence-corrected chi connectivity index (χ1v) is 6.37. The van der Waals surface area contributed by atoms with E-state index in [1.807, 2.05) is 0 Å². The molecule has 0 amide bonds. The van der Waals surface area contributed by atoms with E-state index in [1.165, 1.54) is 21.1 Å². The van der Waals surface area contributed by atoms with Crippen LogP contribution in [0.2, 0.25) is 0 Å². The van der Waals surface area contributed by atoms with Crippen molar-refractivity contribution in [3.63, 3.8) is 0 Å². The maximum atomic E-state index is 11.0. The van der Waals surface area contributed by atoms with E-state index in [2.05, 4.69) is 14.8 Å². The largest absolute Gasteiger partial charge is 0.372 e. The summed E-state index contributed by atoms with van der Waals surface area (Å²) in [6.07, 6.45) is 0. The highest BCUT2D eigenvalue weighted by atomic mass is 35.7. The van der Waals surface area contributed by atoms with Crippen LogP contribution in [-0.4, -0.2) is 41.9 Å². The van der Waals surface area contributed by atoms with Gasteiger partial charge in [-0.05, 0) is 0 Å². The van der Waals surface area contributed by atoms with Gasteiger partial charge in [0.25, 0.3) is 0 Å². The Hall–Kier alpha value is 0.110. The zero-order chi connectivity index (χ0) is 10.2. The lowest BCUT2D eigenvalue weighted by Gasteiger charge is -2.29. The highest BCUT2D eigenvalue weighted by Crippen LogP contribution is 2.19. The lowest BCUT2D eigenvalue weighted by molar-refractivity contribution is -0.737. The van der Waals surface area contributed by atoms with Gasteiger partial charge >= 0.3 is 0 Å². The van der Waals surface area contributed by atoms with Crippen molar-refractivity contribution in [2.75, 3.05) is 21.1 Å². The van der Waals surface area contributed by atoms with Crippen LogP contribution >= 0.6 is 10.7 Å². The number of hydrogen-bond donors (Lipinski definition) is 0. The lowest BCUT2D eigenvalue weighted by atomic mass is 11.0. The molecular weight excluding hydrogens is 228 g/mol. The summed E-state index contributed by atoms with van der Waals surface area (Å²) in [6.45, 7) is 0. The average molecular weight is 237 g/mol. The van der Waals surface area contributed by atoms with Crippen molar-refractivity contribution < 1.29 is 20.7 Å². The molecule has 0 aromatic heterocycles. The molecule has 0 aliphatic rings. The van der Waals surface area contributed by atoms with Crippen molar-refractivity contribution in [1.29, 1.82) is 0 Å². The van der Waals surface area contributed by atoms with E-state index in [0.29, 0.717) is 0 Å². The third-order valence-corrected chi connectivity index (χ3v) is 4.23. The van der Waals surface area contributed by atoms with Crippen LogP contribution in [0, 0.1) is 0 Å². The SMILES string of the molecule is C[N+](C)(C)S(=O)(=O)[N-]S(=O)(=O)Cl. The second-order valence-corrected chi connectivity index (χ2v) is 7.41. The first-order valence-electron chi connectivity index (χ1n) is 2.71. The lowest BCUT2D eigenvalue weighted by Crippen LogP contribution is -2.40. The Bertz CT molecular complexity index is 350. The van der Waals surface area contributed by atoms with Gasteiger partial charge in [-0.3, -0.25) is 0 Å². The topological polar surface area (TPSA) is 82.4 Å². The van der Waals surface area contributed by atoms with Crippen molar-refractivity contribution in [2.45, 2.75) is 0 Å². The third-order valence-electron chi connectivity index (χ3n) is 0.875. The van der Waals surface area contributed by atoms with Crippen LogP contribution in [0.25, 0.3) is 4.13 Å². The normalized spacial score (nSPS) is 14.7. The van der Waals surface area contributed by atoms with Crippen molar-refractivity contribution in [3.05, 3.63) is 4.13 Å². The van der Waals surface area contributed by atoms with Gasteiger partial charge < -0.3 is 4.13 Å². The summed E-state index contributed by atoms with van der Waals surface area (Å²) in [5, 5.41) is 0. The fourth-order valence-electron chi connectivity index (χ4n) is 0.213. The molecule has 0 rings (SSSR count). The summed E-state index contributed by atoms with van der Waals surface area (Å²) in [6, 6.07) is 0. The van der Waals surface area contributed by atoms with E-state index in [9.17, 15) is 16.8 Å². The van der Waals surface area contributed by atoms with E-state index >= 15 is 0 Å². The molecule has 0 aromatic carbocycles. The second kappa shape index (κ2) is 3.11. The van der Waals surface area contributed by atoms with Gasteiger partial charge in [0.05, 0.1) is 21.1 Å². The first kappa shape index (κ1) is 12.1. The molecule has 12 heavy (non-hydrogen) atoms. The van der Waals surface area contributed by atoms with Crippen LogP contribution in [0.3, 0.4) is 0 Å². The van der Waals surface area contributed by atoms with Crippen molar-refractivity contribution in [1.82, 2.24) is 0 Å². The Morgan fingerprint density at radius 1 is 1.08 bits per heavy atom. The number of hydrogen-bond acceptors (Lipinski definition) is 4. The van der Waals surface area contributed by atoms with Gasteiger partial charge in [0.2, 0.25) is 10.2 Å². The first-order chi connectivity index (χ1) is 4.96. The van der Waals surface area contributed by atoms with E-state index in [4.69, 9.17) is 0 Å². The summed E-state index contributed by atoms with van der Waals surface area (Å²) in [7, 11) is -0.0497. The number of nitrogens with zero attached hydrogens (tertiary/aromatic N) is 2. The maximum absolute atomic E-state index is 11.0. The molecule has 0 heterocycles. The molecule has 0 N–H and O–H groups in total. The second-order valence-electron chi connectivity index (χ2n) is 2.82. The summed E-state index contributed by atoms with van der Waals surface area (Å²) in [4.78, 5) is 0. The van der Waals surface area contributed by atoms with Crippen LogP contribution in [0.15, 0.2) is 0 Å². The minimum Gasteiger partial charge on any atom is -0.372 e. The Morgan fingerprint density at radius 2 is 1.42 bits per heavy atom. The van der Waals surface area contributed by atoms with Crippen LogP contribution in [0.5, 0.6) is 0 Å². The molecule has 0 aliphatic heterocycles.